The van der Waals surface area contributed by atoms with Gasteiger partial charge in [0.05, 0.1) is 6.10 Å². The lowest BCUT2D eigenvalue weighted by molar-refractivity contribution is -0.132. The van der Waals surface area contributed by atoms with Crippen LogP contribution in [0, 0.1) is 28.6 Å². The first kappa shape index (κ1) is 29.2. The van der Waals surface area contributed by atoms with Crippen molar-refractivity contribution in [2.75, 3.05) is 0 Å². The highest BCUT2D eigenvalue weighted by atomic mass is 32.2. The number of fused-ring (bicyclic) bond motifs is 5. The number of aliphatic hydroxyl groups excluding tert-OH is 1. The predicted octanol–water partition coefficient (Wildman–Crippen LogP) is 7.88. The van der Waals surface area contributed by atoms with Gasteiger partial charge in [-0.05, 0) is 119 Å². The fourth-order valence-electron chi connectivity index (χ4n) is 9.72. The third-order valence-corrected chi connectivity index (χ3v) is 12.5. The van der Waals surface area contributed by atoms with Crippen molar-refractivity contribution in [3.8, 4) is 0 Å². The number of ketones is 1. The Balaban J connectivity index is 1.76. The summed E-state index contributed by atoms with van der Waals surface area (Å²) in [6, 6.07) is 2.18. The minimum Gasteiger partial charge on any atom is -0.768 e. The first-order chi connectivity index (χ1) is 18.2. The van der Waals surface area contributed by atoms with E-state index in [4.69, 9.17) is 0 Å². The van der Waals surface area contributed by atoms with E-state index in [1.807, 2.05) is 0 Å². The van der Waals surface area contributed by atoms with Crippen LogP contribution >= 0.6 is 0 Å². The maximum atomic E-state index is 13.0. The summed E-state index contributed by atoms with van der Waals surface area (Å²) in [5.74, 6) is 2.20. The molecule has 0 heterocycles. The lowest BCUT2D eigenvalue weighted by Crippen LogP contribution is -2.53. The summed E-state index contributed by atoms with van der Waals surface area (Å²) < 4.78 is 25.8. The average Bonchev–Trinajstić information content (AvgIpc) is 3.16. The van der Waals surface area contributed by atoms with E-state index in [2.05, 4.69) is 67.5 Å². The van der Waals surface area contributed by atoms with Gasteiger partial charge in [0.15, 0.2) is 0 Å². The van der Waals surface area contributed by atoms with Crippen LogP contribution in [0.25, 0.3) is 0 Å². The highest BCUT2D eigenvalue weighted by molar-refractivity contribution is 7.79. The Morgan fingerprint density at radius 3 is 2.26 bits per heavy atom. The molecular weight excluding hydrogens is 504 g/mol. The molecule has 0 bridgehead atoms. The summed E-state index contributed by atoms with van der Waals surface area (Å²) in [4.78, 5) is 13.5. The zero-order chi connectivity index (χ0) is 28.6. The Morgan fingerprint density at radius 2 is 1.67 bits per heavy atom. The molecule has 0 radical (unpaired) electrons. The third-order valence-electron chi connectivity index (χ3n) is 11.7. The second kappa shape index (κ2) is 10.2. The molecule has 8 atom stereocenters. The molecule has 216 valence electrons. The number of aliphatic hydroxyl groups is 1. The van der Waals surface area contributed by atoms with Gasteiger partial charge in [-0.25, -0.2) is 0 Å². The molecule has 4 nitrogen and oxygen atoms in total. The zero-order valence-corrected chi connectivity index (χ0v) is 26.1. The molecule has 0 aromatic heterocycles. The Kier molecular flexibility index (Phi) is 7.64. The van der Waals surface area contributed by atoms with E-state index in [0.29, 0.717) is 47.7 Å². The molecule has 1 aromatic rings. The lowest BCUT2D eigenvalue weighted by atomic mass is 9.44. The second-order valence-corrected chi connectivity index (χ2v) is 15.5. The monoisotopic (exact) mass is 553 g/mol. The van der Waals surface area contributed by atoms with Crippen LogP contribution in [0.2, 0.25) is 0 Å². The van der Waals surface area contributed by atoms with E-state index in [0.717, 1.165) is 36.8 Å². The van der Waals surface area contributed by atoms with Crippen LogP contribution in [0.15, 0.2) is 22.6 Å². The number of carbonyl (C=O) groups excluding carboxylic acids is 1. The maximum Gasteiger partial charge on any atom is 0.139 e. The molecule has 0 spiro atoms. The largest absolute Gasteiger partial charge is 0.768 e. The van der Waals surface area contributed by atoms with E-state index in [1.54, 1.807) is 0 Å². The van der Waals surface area contributed by atoms with Gasteiger partial charge >= 0.3 is 0 Å². The average molecular weight is 554 g/mol. The van der Waals surface area contributed by atoms with Gasteiger partial charge in [0.1, 0.15) is 5.78 Å². The van der Waals surface area contributed by atoms with Gasteiger partial charge in [-0.2, -0.15) is 0 Å². The topological polar surface area (TPSA) is 77.4 Å². The molecule has 0 amide bonds. The van der Waals surface area contributed by atoms with Gasteiger partial charge in [0.25, 0.3) is 0 Å². The van der Waals surface area contributed by atoms with Gasteiger partial charge < -0.3 is 9.66 Å². The molecule has 2 unspecified atom stereocenters. The fourth-order valence-corrected chi connectivity index (χ4v) is 10.7. The molecule has 39 heavy (non-hydrogen) atoms. The number of carbonyl (C=O) groups is 1. The van der Waals surface area contributed by atoms with E-state index >= 15 is 0 Å². The number of hydrogen-bond acceptors (Lipinski definition) is 4. The molecule has 0 saturated heterocycles. The summed E-state index contributed by atoms with van der Waals surface area (Å²) in [5, 5.41) is 11.3. The molecule has 5 rings (SSSR count). The molecule has 5 heteroatoms. The Hall–Kier alpha value is -1.30. The van der Waals surface area contributed by atoms with Crippen LogP contribution in [0.1, 0.15) is 146 Å². The van der Waals surface area contributed by atoms with Gasteiger partial charge in [-0.3, -0.25) is 9.00 Å². The highest BCUT2D eigenvalue weighted by Crippen LogP contribution is 2.67. The Morgan fingerprint density at radius 1 is 1.00 bits per heavy atom. The molecule has 3 saturated carbocycles. The minimum absolute atomic E-state index is 0.0417. The van der Waals surface area contributed by atoms with Gasteiger partial charge in [0, 0.05) is 16.7 Å². The summed E-state index contributed by atoms with van der Waals surface area (Å²) in [6.07, 6.45) is 8.04. The van der Waals surface area contributed by atoms with Crippen molar-refractivity contribution in [1.29, 1.82) is 0 Å². The van der Waals surface area contributed by atoms with E-state index < -0.39 is 17.2 Å². The van der Waals surface area contributed by atoms with Crippen molar-refractivity contribution in [2.45, 2.75) is 135 Å². The summed E-state index contributed by atoms with van der Waals surface area (Å²) in [5.41, 5.74) is 5.33. The number of Topliss-reactive ketones (excluding diaryl/α,β-unsaturated/α-hetero) is 1. The molecular formula is C34H49O4S-. The third kappa shape index (κ3) is 4.36. The lowest BCUT2D eigenvalue weighted by Gasteiger charge is -2.60. The molecule has 1 aromatic carbocycles. The van der Waals surface area contributed by atoms with Gasteiger partial charge in [0.2, 0.25) is 0 Å². The van der Waals surface area contributed by atoms with Crippen LogP contribution in [-0.4, -0.2) is 25.8 Å². The number of rotatable bonds is 5. The first-order valence-corrected chi connectivity index (χ1v) is 16.5. The highest BCUT2D eigenvalue weighted by Gasteiger charge is 2.61. The van der Waals surface area contributed by atoms with Crippen LogP contribution in [0.3, 0.4) is 0 Å². The molecule has 1 N–H and O–H groups in total. The van der Waals surface area contributed by atoms with E-state index in [9.17, 15) is 18.7 Å². The Labute approximate surface area is 238 Å². The van der Waals surface area contributed by atoms with Crippen molar-refractivity contribution >= 4 is 16.9 Å². The number of hydrogen-bond donors (Lipinski definition) is 1. The van der Waals surface area contributed by atoms with Gasteiger partial charge in [-0.1, -0.05) is 73.1 Å². The zero-order valence-electron chi connectivity index (χ0n) is 25.3. The smallest absolute Gasteiger partial charge is 0.139 e. The number of benzene rings is 1. The molecule has 0 aliphatic heterocycles. The van der Waals surface area contributed by atoms with Crippen molar-refractivity contribution in [3.05, 3.63) is 40.0 Å². The summed E-state index contributed by atoms with van der Waals surface area (Å²) in [7, 11) is 0. The van der Waals surface area contributed by atoms with Crippen molar-refractivity contribution in [1.82, 2.24) is 0 Å². The van der Waals surface area contributed by atoms with Crippen LogP contribution < -0.4 is 0 Å². The minimum atomic E-state index is -2.35. The van der Waals surface area contributed by atoms with Crippen molar-refractivity contribution in [3.63, 3.8) is 0 Å². The van der Waals surface area contributed by atoms with E-state index in [1.165, 1.54) is 16.7 Å². The van der Waals surface area contributed by atoms with Crippen LogP contribution in [0.4, 0.5) is 0 Å². The van der Waals surface area contributed by atoms with Crippen LogP contribution in [0.5, 0.6) is 0 Å². The molecule has 4 aliphatic carbocycles. The summed E-state index contributed by atoms with van der Waals surface area (Å²) >= 11 is -2.35. The predicted molar refractivity (Wildman–Crippen MR) is 157 cm³/mol. The maximum absolute atomic E-state index is 13.0. The summed E-state index contributed by atoms with van der Waals surface area (Å²) in [6.45, 7) is 17.5. The van der Waals surface area contributed by atoms with Crippen molar-refractivity contribution < 1.29 is 18.7 Å². The van der Waals surface area contributed by atoms with E-state index in [-0.39, 0.29) is 34.5 Å². The number of allylic oxidation sites excluding steroid dienone is 1. The fraction of sp³-hybridized carbons (Fsp3) is 0.735. The standard InChI is InChI=1S/C34H50O4S/c1-18(2)24-17-25(19(3)4)32(39(37)38)30(20(5)6)31(24)28-16-22(35)15-21-9-10-23-26-11-12-29(36)33(26,7)14-13-27(23)34(21,28)8/h9,17-20,22-23,26-28,35H,10-16H2,1-8H3,(H,37,38)/p-1/t22-,23+,26+,27+,28?,33+,34+/m1/s1. The van der Waals surface area contributed by atoms with Gasteiger partial charge in [-0.15, -0.1) is 0 Å². The van der Waals surface area contributed by atoms with Crippen LogP contribution in [-0.2, 0) is 15.9 Å². The Bertz CT molecular complexity index is 1210. The second-order valence-electron chi connectivity index (χ2n) is 14.6. The van der Waals surface area contributed by atoms with Crippen molar-refractivity contribution in [2.24, 2.45) is 28.6 Å². The first-order valence-electron chi connectivity index (χ1n) is 15.4. The molecule has 4 aliphatic rings. The SMILES string of the molecule is CC(C)c1cc(C(C)C)c(S(=O)[O-])c(C(C)C)c1C1C[C@H](O)CC2=CC[C@H]3[C@@H]4CCC(=O)[C@@]4(C)CC[C@@H]3[C@]21C. The normalized spacial score (nSPS) is 37.1. The molecule has 3 fully saturated rings. The quantitative estimate of drug-likeness (QED) is 0.297.